The summed E-state index contributed by atoms with van der Waals surface area (Å²) in [5.41, 5.74) is 13.0. The van der Waals surface area contributed by atoms with Gasteiger partial charge in [-0.05, 0) is 62.1 Å². The van der Waals surface area contributed by atoms with Crippen molar-refractivity contribution in [1.82, 2.24) is 24.5 Å². The number of halogens is 3. The molecule has 1 aliphatic heterocycles. The Morgan fingerprint density at radius 1 is 1.23 bits per heavy atom. The predicted molar refractivity (Wildman–Crippen MR) is 137 cm³/mol. The quantitative estimate of drug-likeness (QED) is 0.481. The summed E-state index contributed by atoms with van der Waals surface area (Å²) in [6, 6.07) is 3.79. The first kappa shape index (κ1) is 26.3. The molecule has 0 atom stereocenters. The first-order valence-corrected chi connectivity index (χ1v) is 12.5. The lowest BCUT2D eigenvalue weighted by Crippen LogP contribution is -2.42. The molecule has 2 fully saturated rings. The van der Waals surface area contributed by atoms with Crippen LogP contribution in [0.2, 0.25) is 0 Å². The molecule has 1 saturated carbocycles. The van der Waals surface area contributed by atoms with Crippen LogP contribution in [0.1, 0.15) is 59.3 Å². The number of benzene rings is 1. The molecule has 2 amide bonds. The van der Waals surface area contributed by atoms with E-state index >= 15 is 0 Å². The summed E-state index contributed by atoms with van der Waals surface area (Å²) in [4.78, 5) is 26.3. The summed E-state index contributed by atoms with van der Waals surface area (Å²) >= 11 is 0. The van der Waals surface area contributed by atoms with Crippen LogP contribution in [0.4, 0.5) is 19.0 Å². The maximum atomic E-state index is 13.2. The van der Waals surface area contributed by atoms with E-state index in [1.165, 1.54) is 10.9 Å². The summed E-state index contributed by atoms with van der Waals surface area (Å²) in [7, 11) is 0. The Bertz CT molecular complexity index is 1520. The van der Waals surface area contributed by atoms with E-state index in [0.717, 1.165) is 31.4 Å². The number of likely N-dealkylation sites (tertiary alicyclic amines) is 1. The number of aromatic nitrogens is 4. The largest absolute Gasteiger partial charge is 0.416 e. The van der Waals surface area contributed by atoms with Gasteiger partial charge in [-0.3, -0.25) is 14.3 Å². The van der Waals surface area contributed by atoms with E-state index in [-0.39, 0.29) is 41.0 Å². The third kappa shape index (κ3) is 4.96. The Morgan fingerprint density at radius 3 is 2.64 bits per heavy atom. The highest BCUT2D eigenvalue weighted by atomic mass is 19.4. The number of hydrogen-bond acceptors (Lipinski definition) is 5. The fourth-order valence-electron chi connectivity index (χ4n) is 5.79. The molecule has 0 bridgehead atoms. The Hall–Kier alpha value is -4.27. The zero-order valence-corrected chi connectivity index (χ0v) is 21.5. The number of nitrogens with zero attached hydrogens (tertiary/aromatic N) is 5. The Labute approximate surface area is 222 Å². The van der Waals surface area contributed by atoms with Gasteiger partial charge in [0.1, 0.15) is 17.1 Å². The van der Waals surface area contributed by atoms with Gasteiger partial charge in [0.15, 0.2) is 0 Å². The first-order chi connectivity index (χ1) is 18.4. The summed E-state index contributed by atoms with van der Waals surface area (Å²) in [6.45, 7) is 4.60. The smallest absolute Gasteiger partial charge is 0.383 e. The van der Waals surface area contributed by atoms with E-state index in [0.29, 0.717) is 29.8 Å². The van der Waals surface area contributed by atoms with Crippen molar-refractivity contribution < 1.29 is 22.8 Å². The summed E-state index contributed by atoms with van der Waals surface area (Å²) in [5, 5.41) is 8.90. The number of nitrogens with two attached hydrogens (primary N) is 2. The van der Waals surface area contributed by atoms with Crippen LogP contribution in [0.15, 0.2) is 30.6 Å². The molecule has 1 spiro atoms. The summed E-state index contributed by atoms with van der Waals surface area (Å²) < 4.78 is 42.8. The zero-order valence-electron chi connectivity index (χ0n) is 21.5. The fraction of sp³-hybridized carbons (Fsp3) is 0.407. The Morgan fingerprint density at radius 2 is 1.97 bits per heavy atom. The molecule has 2 aliphatic rings. The third-order valence-corrected chi connectivity index (χ3v) is 7.55. The molecular formula is C27H28F3N7O2. The average molecular weight is 540 g/mol. The average Bonchev–Trinajstić information content (AvgIpc) is 3.54. The minimum Gasteiger partial charge on any atom is -0.383 e. The van der Waals surface area contributed by atoms with Gasteiger partial charge in [-0.25, -0.2) is 4.68 Å². The Balaban J connectivity index is 1.36. The molecule has 204 valence electrons. The van der Waals surface area contributed by atoms with Gasteiger partial charge in [-0.1, -0.05) is 17.6 Å². The minimum absolute atomic E-state index is 0.0326. The molecule has 3 aromatic rings. The SMILES string of the molecule is CC#CC(=O)N1CCC2(CC(n3nc(-c4cnn(Cc5cc(C)cc(C(F)(F)F)c5)c4)c(C(N)=O)c3N)C2)C1. The zero-order chi connectivity index (χ0) is 28.1. The standard InChI is InChI=1S/C27H28F3N7O2/c1-3-4-21(38)35-6-5-26(15-35)10-20(11-26)37-24(31)22(25(32)39)23(34-37)18-12-33-36(14-18)13-17-7-16(2)8-19(9-17)27(28,29)30/h7-9,12,14,20H,5-6,10-11,13,15,31H2,1-2H3,(H2,32,39). The maximum Gasteiger partial charge on any atom is 0.416 e. The van der Waals surface area contributed by atoms with Crippen LogP contribution in [-0.4, -0.2) is 49.4 Å². The van der Waals surface area contributed by atoms with Crippen molar-refractivity contribution in [2.75, 3.05) is 18.8 Å². The highest BCUT2D eigenvalue weighted by molar-refractivity contribution is 6.03. The molecule has 9 nitrogen and oxygen atoms in total. The van der Waals surface area contributed by atoms with Crippen LogP contribution in [0.3, 0.4) is 0 Å². The lowest BCUT2D eigenvalue weighted by atomic mass is 9.65. The molecule has 1 aromatic carbocycles. The van der Waals surface area contributed by atoms with Gasteiger partial charge in [0.25, 0.3) is 11.8 Å². The van der Waals surface area contributed by atoms with Crippen molar-refractivity contribution in [2.45, 2.75) is 51.9 Å². The number of aryl methyl sites for hydroxylation is 1. The maximum absolute atomic E-state index is 13.2. The molecule has 12 heteroatoms. The van der Waals surface area contributed by atoms with Crippen LogP contribution in [-0.2, 0) is 17.5 Å². The molecule has 4 N–H and O–H groups in total. The van der Waals surface area contributed by atoms with Gasteiger partial charge in [0.2, 0.25) is 0 Å². The Kier molecular flexibility index (Phi) is 6.40. The van der Waals surface area contributed by atoms with E-state index in [2.05, 4.69) is 22.0 Å². The molecule has 39 heavy (non-hydrogen) atoms. The van der Waals surface area contributed by atoms with Crippen LogP contribution < -0.4 is 11.5 Å². The van der Waals surface area contributed by atoms with Crippen LogP contribution in [0, 0.1) is 24.2 Å². The van der Waals surface area contributed by atoms with Gasteiger partial charge in [-0.2, -0.15) is 23.4 Å². The molecule has 5 rings (SSSR count). The van der Waals surface area contributed by atoms with E-state index in [9.17, 15) is 22.8 Å². The van der Waals surface area contributed by atoms with E-state index in [4.69, 9.17) is 11.5 Å². The van der Waals surface area contributed by atoms with Gasteiger partial charge in [-0.15, -0.1) is 0 Å². The fourth-order valence-corrected chi connectivity index (χ4v) is 5.79. The highest BCUT2D eigenvalue weighted by Gasteiger charge is 2.51. The van der Waals surface area contributed by atoms with Crippen LogP contribution in [0.25, 0.3) is 11.3 Å². The number of nitrogen functional groups attached to an aromatic ring is 1. The number of hydrogen-bond donors (Lipinski definition) is 2. The topological polar surface area (TPSA) is 125 Å². The second kappa shape index (κ2) is 9.48. The van der Waals surface area contributed by atoms with Crippen LogP contribution in [0.5, 0.6) is 0 Å². The number of alkyl halides is 3. The second-order valence-corrected chi connectivity index (χ2v) is 10.5. The van der Waals surface area contributed by atoms with Crippen molar-refractivity contribution in [2.24, 2.45) is 11.1 Å². The molecular weight excluding hydrogens is 511 g/mol. The molecule has 0 unspecified atom stereocenters. The molecule has 1 aliphatic carbocycles. The van der Waals surface area contributed by atoms with E-state index in [1.54, 1.807) is 35.7 Å². The summed E-state index contributed by atoms with van der Waals surface area (Å²) in [6.07, 6.45) is 0.982. The first-order valence-electron chi connectivity index (χ1n) is 12.5. The predicted octanol–water partition coefficient (Wildman–Crippen LogP) is 3.38. The third-order valence-electron chi connectivity index (χ3n) is 7.55. The molecule has 0 radical (unpaired) electrons. The number of primary amides is 1. The number of carbonyl (C=O) groups excluding carboxylic acids is 2. The van der Waals surface area contributed by atoms with E-state index < -0.39 is 17.6 Å². The van der Waals surface area contributed by atoms with Crippen molar-refractivity contribution in [1.29, 1.82) is 0 Å². The molecule has 1 saturated heterocycles. The number of rotatable bonds is 5. The van der Waals surface area contributed by atoms with Crippen molar-refractivity contribution >= 4 is 17.6 Å². The summed E-state index contributed by atoms with van der Waals surface area (Å²) in [5.74, 6) is 4.47. The minimum atomic E-state index is -4.45. The second-order valence-electron chi connectivity index (χ2n) is 10.5. The van der Waals surface area contributed by atoms with E-state index in [1.807, 2.05) is 0 Å². The lowest BCUT2D eigenvalue weighted by Gasteiger charge is -2.45. The number of anilines is 1. The number of carbonyl (C=O) groups is 2. The van der Waals surface area contributed by atoms with Crippen LogP contribution >= 0.6 is 0 Å². The molecule has 2 aromatic heterocycles. The van der Waals surface area contributed by atoms with Gasteiger partial charge >= 0.3 is 6.18 Å². The number of amides is 2. The van der Waals surface area contributed by atoms with Crippen molar-refractivity contribution in [3.05, 3.63) is 52.8 Å². The molecule has 3 heterocycles. The lowest BCUT2D eigenvalue weighted by molar-refractivity contribution is -0.137. The van der Waals surface area contributed by atoms with Crippen molar-refractivity contribution in [3.63, 3.8) is 0 Å². The van der Waals surface area contributed by atoms with Gasteiger partial charge in [0.05, 0.1) is 24.3 Å². The highest BCUT2D eigenvalue weighted by Crippen LogP contribution is 2.54. The van der Waals surface area contributed by atoms with Crippen molar-refractivity contribution in [3.8, 4) is 23.1 Å². The normalized spacial score (nSPS) is 20.5. The van der Waals surface area contributed by atoms with Gasteiger partial charge < -0.3 is 16.4 Å². The monoisotopic (exact) mass is 539 g/mol. The van der Waals surface area contributed by atoms with Gasteiger partial charge in [0, 0.05) is 24.8 Å².